The summed E-state index contributed by atoms with van der Waals surface area (Å²) in [6.45, 7) is 0. The monoisotopic (exact) mass is 472 g/mol. The predicted molar refractivity (Wildman–Crippen MR) is 134 cm³/mol. The molecule has 0 radical (unpaired) electrons. The number of halogens is 1. The summed E-state index contributed by atoms with van der Waals surface area (Å²) in [5.74, 6) is 2.14. The number of nitriles is 1. The molecule has 0 saturated carbocycles. The van der Waals surface area contributed by atoms with Crippen molar-refractivity contribution in [1.29, 1.82) is 5.26 Å². The fourth-order valence-corrected chi connectivity index (χ4v) is 4.69. The van der Waals surface area contributed by atoms with E-state index in [1.54, 1.807) is 14.2 Å². The second-order valence-corrected chi connectivity index (χ2v) is 8.56. The summed E-state index contributed by atoms with van der Waals surface area (Å²) in [6.07, 6.45) is 0. The van der Waals surface area contributed by atoms with Crippen LogP contribution >= 0.6 is 23.4 Å². The van der Waals surface area contributed by atoms with Crippen LogP contribution in [0.15, 0.2) is 83.9 Å². The first-order valence-electron chi connectivity index (χ1n) is 10.2. The van der Waals surface area contributed by atoms with E-state index in [2.05, 4.69) is 6.07 Å². The van der Waals surface area contributed by atoms with Crippen molar-refractivity contribution in [3.05, 3.63) is 95.0 Å². The van der Waals surface area contributed by atoms with E-state index in [9.17, 15) is 5.26 Å². The standard InChI is InChI=1S/C27H21ClN2O2S/c1-31-21-11-7-18(8-12-21)23-15-26(19-9-13-22(32-2)14-10-19)30-27(24(23)16-29)33-17-20-5-3-4-6-25(20)28/h3-15H,17H2,1-2H3. The van der Waals surface area contributed by atoms with Gasteiger partial charge in [-0.1, -0.05) is 41.9 Å². The molecular weight excluding hydrogens is 452 g/mol. The third-order valence-corrected chi connectivity index (χ3v) is 6.60. The lowest BCUT2D eigenvalue weighted by Crippen LogP contribution is -1.97. The van der Waals surface area contributed by atoms with Gasteiger partial charge in [0.05, 0.1) is 25.5 Å². The predicted octanol–water partition coefficient (Wildman–Crippen LogP) is 7.25. The van der Waals surface area contributed by atoms with Gasteiger partial charge < -0.3 is 9.47 Å². The highest BCUT2D eigenvalue weighted by molar-refractivity contribution is 7.98. The van der Waals surface area contributed by atoms with E-state index >= 15 is 0 Å². The Hall–Kier alpha value is -3.46. The number of aromatic nitrogens is 1. The molecule has 1 heterocycles. The highest BCUT2D eigenvalue weighted by Crippen LogP contribution is 2.36. The molecule has 164 valence electrons. The third-order valence-electron chi connectivity index (χ3n) is 5.21. The third kappa shape index (κ3) is 5.14. The molecule has 0 bridgehead atoms. The largest absolute Gasteiger partial charge is 0.497 e. The molecule has 4 rings (SSSR count). The molecular formula is C27H21ClN2O2S. The number of hydrogen-bond donors (Lipinski definition) is 0. The van der Waals surface area contributed by atoms with Crippen LogP contribution in [0.4, 0.5) is 0 Å². The van der Waals surface area contributed by atoms with E-state index in [1.165, 1.54) is 11.8 Å². The minimum absolute atomic E-state index is 0.537. The van der Waals surface area contributed by atoms with E-state index in [0.717, 1.165) is 39.4 Å². The van der Waals surface area contributed by atoms with Gasteiger partial charge in [-0.25, -0.2) is 4.98 Å². The van der Waals surface area contributed by atoms with Crippen LogP contribution < -0.4 is 9.47 Å². The van der Waals surface area contributed by atoms with Gasteiger partial charge in [0.1, 0.15) is 22.6 Å². The van der Waals surface area contributed by atoms with Crippen molar-refractivity contribution < 1.29 is 9.47 Å². The Morgan fingerprint density at radius 3 is 2.06 bits per heavy atom. The van der Waals surface area contributed by atoms with Crippen LogP contribution in [0.2, 0.25) is 5.02 Å². The summed E-state index contributed by atoms with van der Waals surface area (Å²) in [5, 5.41) is 11.4. The number of hydrogen-bond acceptors (Lipinski definition) is 5. The van der Waals surface area contributed by atoms with Crippen LogP contribution in [0.5, 0.6) is 11.5 Å². The normalized spacial score (nSPS) is 10.5. The lowest BCUT2D eigenvalue weighted by atomic mass is 9.99. The zero-order valence-corrected chi connectivity index (χ0v) is 19.8. The van der Waals surface area contributed by atoms with Crippen LogP contribution in [-0.2, 0) is 5.75 Å². The molecule has 0 N–H and O–H groups in total. The molecule has 0 saturated heterocycles. The average molecular weight is 473 g/mol. The molecule has 0 unspecified atom stereocenters. The lowest BCUT2D eigenvalue weighted by Gasteiger charge is -2.13. The van der Waals surface area contributed by atoms with Gasteiger partial charge in [-0.05, 0) is 59.7 Å². The Bertz CT molecular complexity index is 1300. The molecule has 6 heteroatoms. The maximum Gasteiger partial charge on any atom is 0.118 e. The Morgan fingerprint density at radius 2 is 1.48 bits per heavy atom. The zero-order valence-electron chi connectivity index (χ0n) is 18.2. The number of nitrogens with zero attached hydrogens (tertiary/aromatic N) is 2. The summed E-state index contributed by atoms with van der Waals surface area (Å²) in [5.41, 5.74) is 5.00. The van der Waals surface area contributed by atoms with E-state index < -0.39 is 0 Å². The number of ether oxygens (including phenoxy) is 2. The fraction of sp³-hybridized carbons (Fsp3) is 0.111. The quantitative estimate of drug-likeness (QED) is 0.265. The highest BCUT2D eigenvalue weighted by Gasteiger charge is 2.17. The van der Waals surface area contributed by atoms with Crippen LogP contribution in [0.1, 0.15) is 11.1 Å². The van der Waals surface area contributed by atoms with Crippen molar-refractivity contribution in [2.45, 2.75) is 10.8 Å². The summed E-state index contributed by atoms with van der Waals surface area (Å²) in [6, 6.07) is 27.5. The highest BCUT2D eigenvalue weighted by atomic mass is 35.5. The maximum atomic E-state index is 10.1. The zero-order chi connectivity index (χ0) is 23.2. The van der Waals surface area contributed by atoms with Crippen LogP contribution in [-0.4, -0.2) is 19.2 Å². The number of thioether (sulfide) groups is 1. The van der Waals surface area contributed by atoms with Gasteiger partial charge in [-0.15, -0.1) is 11.8 Å². The lowest BCUT2D eigenvalue weighted by molar-refractivity contribution is 0.415. The molecule has 1 aromatic heterocycles. The first kappa shape index (κ1) is 22.7. The van der Waals surface area contributed by atoms with Crippen LogP contribution in [0.3, 0.4) is 0 Å². The molecule has 0 spiro atoms. The fourth-order valence-electron chi connectivity index (χ4n) is 3.40. The van der Waals surface area contributed by atoms with Crippen molar-refractivity contribution in [3.8, 4) is 40.0 Å². The van der Waals surface area contributed by atoms with Crippen molar-refractivity contribution >= 4 is 23.4 Å². The molecule has 0 aliphatic rings. The summed E-state index contributed by atoms with van der Waals surface area (Å²) in [7, 11) is 3.27. The van der Waals surface area contributed by atoms with Gasteiger partial charge in [0.25, 0.3) is 0 Å². The van der Waals surface area contributed by atoms with E-state index in [4.69, 9.17) is 26.1 Å². The Kier molecular flexibility index (Phi) is 7.19. The van der Waals surface area contributed by atoms with Crippen molar-refractivity contribution in [1.82, 2.24) is 4.98 Å². The second-order valence-electron chi connectivity index (χ2n) is 7.18. The molecule has 0 amide bonds. The van der Waals surface area contributed by atoms with Gasteiger partial charge in [0, 0.05) is 21.9 Å². The maximum absolute atomic E-state index is 10.1. The molecule has 3 aromatic carbocycles. The van der Waals surface area contributed by atoms with Gasteiger partial charge >= 0.3 is 0 Å². The molecule has 4 aromatic rings. The molecule has 0 fully saturated rings. The number of methoxy groups -OCH3 is 2. The molecule has 33 heavy (non-hydrogen) atoms. The Morgan fingerprint density at radius 1 is 0.879 bits per heavy atom. The topological polar surface area (TPSA) is 55.1 Å². The summed E-state index contributed by atoms with van der Waals surface area (Å²) < 4.78 is 10.6. The molecule has 4 nitrogen and oxygen atoms in total. The smallest absolute Gasteiger partial charge is 0.118 e. The summed E-state index contributed by atoms with van der Waals surface area (Å²) in [4.78, 5) is 4.87. The van der Waals surface area contributed by atoms with Crippen LogP contribution in [0.25, 0.3) is 22.4 Å². The Labute approximate surface area is 202 Å². The van der Waals surface area contributed by atoms with Crippen LogP contribution in [0, 0.1) is 11.3 Å². The number of pyridine rings is 1. The van der Waals surface area contributed by atoms with E-state index in [1.807, 2.05) is 78.9 Å². The van der Waals surface area contributed by atoms with Crippen molar-refractivity contribution in [2.75, 3.05) is 14.2 Å². The second kappa shape index (κ2) is 10.4. The van der Waals surface area contributed by atoms with Gasteiger partial charge in [-0.3, -0.25) is 0 Å². The Balaban J connectivity index is 1.81. The molecule has 0 aliphatic heterocycles. The van der Waals surface area contributed by atoms with Gasteiger partial charge in [-0.2, -0.15) is 5.26 Å². The minimum Gasteiger partial charge on any atom is -0.497 e. The van der Waals surface area contributed by atoms with Gasteiger partial charge in [0.2, 0.25) is 0 Å². The van der Waals surface area contributed by atoms with Crippen molar-refractivity contribution in [2.24, 2.45) is 0 Å². The van der Waals surface area contributed by atoms with E-state index in [0.29, 0.717) is 21.4 Å². The van der Waals surface area contributed by atoms with E-state index in [-0.39, 0.29) is 0 Å². The first-order valence-corrected chi connectivity index (χ1v) is 11.6. The molecule has 0 atom stereocenters. The van der Waals surface area contributed by atoms with Crippen molar-refractivity contribution in [3.63, 3.8) is 0 Å². The van der Waals surface area contributed by atoms with Gasteiger partial charge in [0.15, 0.2) is 0 Å². The SMILES string of the molecule is COc1ccc(-c2cc(-c3ccc(OC)cc3)c(C#N)c(SCc3ccccc3Cl)n2)cc1. The molecule has 0 aliphatic carbocycles. The average Bonchev–Trinajstić information content (AvgIpc) is 2.87. The minimum atomic E-state index is 0.537. The first-order chi connectivity index (χ1) is 16.1. The number of benzene rings is 3. The summed E-state index contributed by atoms with van der Waals surface area (Å²) >= 11 is 7.86. The number of rotatable bonds is 7.